The Hall–Kier alpha value is -2.47. The predicted molar refractivity (Wildman–Crippen MR) is 92.0 cm³/mol. The Kier molecular flexibility index (Phi) is 3.90. The van der Waals surface area contributed by atoms with E-state index in [9.17, 15) is 4.79 Å². The topological polar surface area (TPSA) is 55.4 Å². The molecule has 0 spiro atoms. The van der Waals surface area contributed by atoms with Gasteiger partial charge in [-0.1, -0.05) is 6.07 Å². The van der Waals surface area contributed by atoms with Crippen molar-refractivity contribution in [1.29, 1.82) is 0 Å². The average molecular weight is 323 g/mol. The highest BCUT2D eigenvalue weighted by atomic mass is 16.1. The third kappa shape index (κ3) is 2.85. The van der Waals surface area contributed by atoms with E-state index in [2.05, 4.69) is 14.5 Å². The van der Waals surface area contributed by atoms with Crippen molar-refractivity contribution in [3.05, 3.63) is 64.7 Å². The summed E-state index contributed by atoms with van der Waals surface area (Å²) in [5, 5.41) is 0. The number of rotatable bonds is 3. The number of piperidine rings is 1. The summed E-state index contributed by atoms with van der Waals surface area (Å²) >= 11 is 0. The number of aryl methyl sites for hydroxylation is 1. The van der Waals surface area contributed by atoms with Crippen molar-refractivity contribution < 1.29 is 0 Å². The Bertz CT molecular complexity index is 891. The number of hydrogen-bond donors (Lipinski definition) is 0. The van der Waals surface area contributed by atoms with Gasteiger partial charge in [-0.15, -0.1) is 0 Å². The van der Waals surface area contributed by atoms with Crippen molar-refractivity contribution in [3.63, 3.8) is 0 Å². The van der Waals surface area contributed by atoms with E-state index < -0.39 is 0 Å². The number of imidazole rings is 1. The lowest BCUT2D eigenvalue weighted by molar-refractivity contribution is 0.178. The first kappa shape index (κ1) is 15.1. The standard InChI is InChI=1S/C18H21N5O/c1-14-3-2-7-23-17(24)11-15(20-18(14)23)12-21-8-4-16(5-9-21)22-10-6-19-13-22/h2-3,6-7,10-11,13,16H,4-5,8-9,12H2,1H3. The van der Waals surface area contributed by atoms with Crippen LogP contribution in [0.1, 0.15) is 30.1 Å². The largest absolute Gasteiger partial charge is 0.334 e. The van der Waals surface area contributed by atoms with Crippen molar-refractivity contribution in [2.45, 2.75) is 32.4 Å². The number of pyridine rings is 1. The van der Waals surface area contributed by atoms with Crippen LogP contribution in [-0.4, -0.2) is 36.9 Å². The zero-order valence-corrected chi connectivity index (χ0v) is 13.8. The van der Waals surface area contributed by atoms with Gasteiger partial charge in [-0.25, -0.2) is 9.97 Å². The van der Waals surface area contributed by atoms with Crippen LogP contribution in [0.25, 0.3) is 5.65 Å². The third-order valence-corrected chi connectivity index (χ3v) is 4.83. The smallest absolute Gasteiger partial charge is 0.258 e. The summed E-state index contributed by atoms with van der Waals surface area (Å²) in [6.07, 6.45) is 9.74. The third-order valence-electron chi connectivity index (χ3n) is 4.83. The average Bonchev–Trinajstić information content (AvgIpc) is 3.11. The van der Waals surface area contributed by atoms with Gasteiger partial charge in [-0.3, -0.25) is 14.1 Å². The highest BCUT2D eigenvalue weighted by molar-refractivity contribution is 5.46. The lowest BCUT2D eigenvalue weighted by Crippen LogP contribution is -2.34. The second kappa shape index (κ2) is 6.20. The van der Waals surface area contributed by atoms with Crippen LogP contribution in [-0.2, 0) is 6.54 Å². The van der Waals surface area contributed by atoms with Gasteiger partial charge in [0.15, 0.2) is 0 Å². The Labute approximate surface area is 140 Å². The highest BCUT2D eigenvalue weighted by Crippen LogP contribution is 2.22. The molecule has 0 bridgehead atoms. The summed E-state index contributed by atoms with van der Waals surface area (Å²) in [5.41, 5.74) is 2.63. The maximum absolute atomic E-state index is 12.3. The molecule has 6 heteroatoms. The van der Waals surface area contributed by atoms with Crippen LogP contribution in [0.2, 0.25) is 0 Å². The van der Waals surface area contributed by atoms with Crippen molar-refractivity contribution in [1.82, 2.24) is 23.8 Å². The van der Waals surface area contributed by atoms with Crippen LogP contribution in [0.5, 0.6) is 0 Å². The molecule has 0 radical (unpaired) electrons. The first-order valence-corrected chi connectivity index (χ1v) is 8.38. The predicted octanol–water partition coefficient (Wildman–Crippen LogP) is 2.04. The molecule has 0 aromatic carbocycles. The molecular weight excluding hydrogens is 302 g/mol. The van der Waals surface area contributed by atoms with Crippen molar-refractivity contribution in [2.24, 2.45) is 0 Å². The molecule has 0 N–H and O–H groups in total. The highest BCUT2D eigenvalue weighted by Gasteiger charge is 2.20. The Morgan fingerprint density at radius 1 is 1.25 bits per heavy atom. The van der Waals surface area contributed by atoms with Crippen LogP contribution in [0.4, 0.5) is 0 Å². The number of aromatic nitrogens is 4. The zero-order chi connectivity index (χ0) is 16.5. The van der Waals surface area contributed by atoms with Gasteiger partial charge in [0.25, 0.3) is 5.56 Å². The molecule has 4 heterocycles. The second-order valence-corrected chi connectivity index (χ2v) is 6.49. The summed E-state index contributed by atoms with van der Waals surface area (Å²) in [5.74, 6) is 0. The lowest BCUT2D eigenvalue weighted by atomic mass is 10.0. The maximum Gasteiger partial charge on any atom is 0.258 e. The molecule has 0 unspecified atom stereocenters. The molecule has 1 saturated heterocycles. The Balaban J connectivity index is 1.49. The molecule has 3 aromatic heterocycles. The molecule has 4 rings (SSSR count). The van der Waals surface area contributed by atoms with Gasteiger partial charge in [0.1, 0.15) is 5.65 Å². The minimum atomic E-state index is -0.00741. The van der Waals surface area contributed by atoms with E-state index in [-0.39, 0.29) is 5.56 Å². The van der Waals surface area contributed by atoms with E-state index in [1.807, 2.05) is 37.8 Å². The minimum absolute atomic E-state index is 0.00741. The van der Waals surface area contributed by atoms with Crippen molar-refractivity contribution >= 4 is 5.65 Å². The van der Waals surface area contributed by atoms with Gasteiger partial charge in [0.2, 0.25) is 0 Å². The van der Waals surface area contributed by atoms with Gasteiger partial charge in [-0.05, 0) is 31.4 Å². The Morgan fingerprint density at radius 3 is 2.83 bits per heavy atom. The lowest BCUT2D eigenvalue weighted by Gasteiger charge is -2.32. The number of hydrogen-bond acceptors (Lipinski definition) is 4. The molecule has 0 atom stereocenters. The van der Waals surface area contributed by atoms with E-state index in [1.165, 1.54) is 0 Å². The summed E-state index contributed by atoms with van der Waals surface area (Å²) in [6, 6.07) is 6.06. The zero-order valence-electron chi connectivity index (χ0n) is 13.8. The molecule has 3 aromatic rings. The molecule has 0 aliphatic carbocycles. The van der Waals surface area contributed by atoms with E-state index in [1.54, 1.807) is 16.7 Å². The summed E-state index contributed by atoms with van der Waals surface area (Å²) in [6.45, 7) is 4.74. The molecule has 24 heavy (non-hydrogen) atoms. The molecule has 1 aliphatic rings. The summed E-state index contributed by atoms with van der Waals surface area (Å²) in [7, 11) is 0. The maximum atomic E-state index is 12.3. The molecular formula is C18H21N5O. The second-order valence-electron chi connectivity index (χ2n) is 6.49. The van der Waals surface area contributed by atoms with Gasteiger partial charge in [0.05, 0.1) is 12.0 Å². The monoisotopic (exact) mass is 323 g/mol. The number of nitrogens with zero attached hydrogens (tertiary/aromatic N) is 5. The van der Waals surface area contributed by atoms with E-state index in [4.69, 9.17) is 4.98 Å². The quantitative estimate of drug-likeness (QED) is 0.740. The van der Waals surface area contributed by atoms with Crippen LogP contribution in [0, 0.1) is 6.92 Å². The molecule has 0 amide bonds. The van der Waals surface area contributed by atoms with Crippen LogP contribution in [0.3, 0.4) is 0 Å². The summed E-state index contributed by atoms with van der Waals surface area (Å²) in [4.78, 5) is 23.5. The van der Waals surface area contributed by atoms with Crippen molar-refractivity contribution in [2.75, 3.05) is 13.1 Å². The van der Waals surface area contributed by atoms with Gasteiger partial charge >= 0.3 is 0 Å². The Morgan fingerprint density at radius 2 is 2.08 bits per heavy atom. The SMILES string of the molecule is Cc1cccn2c(=O)cc(CN3CCC(n4ccnc4)CC3)nc12. The summed E-state index contributed by atoms with van der Waals surface area (Å²) < 4.78 is 3.81. The first-order chi connectivity index (χ1) is 11.7. The van der Waals surface area contributed by atoms with E-state index in [0.717, 1.165) is 49.4 Å². The molecule has 124 valence electrons. The van der Waals surface area contributed by atoms with Gasteiger partial charge in [-0.2, -0.15) is 0 Å². The molecule has 1 fully saturated rings. The van der Waals surface area contributed by atoms with Crippen molar-refractivity contribution in [3.8, 4) is 0 Å². The van der Waals surface area contributed by atoms with Crippen LogP contribution < -0.4 is 5.56 Å². The molecule has 0 saturated carbocycles. The van der Waals surface area contributed by atoms with Crippen LogP contribution >= 0.6 is 0 Å². The van der Waals surface area contributed by atoms with Gasteiger partial charge in [0, 0.05) is 50.3 Å². The number of fused-ring (bicyclic) bond motifs is 1. The van der Waals surface area contributed by atoms with E-state index in [0.29, 0.717) is 6.04 Å². The fourth-order valence-corrected chi connectivity index (χ4v) is 3.48. The van der Waals surface area contributed by atoms with Gasteiger partial charge < -0.3 is 4.57 Å². The fraction of sp³-hybridized carbons (Fsp3) is 0.389. The first-order valence-electron chi connectivity index (χ1n) is 8.38. The molecule has 6 nitrogen and oxygen atoms in total. The van der Waals surface area contributed by atoms with E-state index >= 15 is 0 Å². The number of likely N-dealkylation sites (tertiary alicyclic amines) is 1. The molecule has 1 aliphatic heterocycles. The normalized spacial score (nSPS) is 16.7. The fourth-order valence-electron chi connectivity index (χ4n) is 3.48. The minimum Gasteiger partial charge on any atom is -0.334 e. The van der Waals surface area contributed by atoms with Crippen LogP contribution in [0.15, 0.2) is 47.9 Å².